The van der Waals surface area contributed by atoms with Gasteiger partial charge in [0.15, 0.2) is 0 Å². The van der Waals surface area contributed by atoms with Crippen LogP contribution in [0.2, 0.25) is 0 Å². The summed E-state index contributed by atoms with van der Waals surface area (Å²) in [5.74, 6) is 0.420. The summed E-state index contributed by atoms with van der Waals surface area (Å²) in [7, 11) is 0. The van der Waals surface area contributed by atoms with Gasteiger partial charge in [-0.25, -0.2) is 0 Å². The molecule has 0 bridgehead atoms. The number of hydrogen-bond acceptors (Lipinski definition) is 0. The molecule has 4 aliphatic rings. The SMILES string of the molecule is C1=CC2=C(/C=C\C=C/1)C1=C3/C(=C\C=C/C=C1)CC=CC23. The third-order valence-electron chi connectivity index (χ3n) is 4.20. The van der Waals surface area contributed by atoms with E-state index in [2.05, 4.69) is 79.0 Å². The molecule has 1 unspecified atom stereocenters. The summed E-state index contributed by atoms with van der Waals surface area (Å²) in [5, 5.41) is 0. The average molecular weight is 256 g/mol. The van der Waals surface area contributed by atoms with E-state index in [-0.39, 0.29) is 0 Å². The fourth-order valence-electron chi connectivity index (χ4n) is 3.35. The van der Waals surface area contributed by atoms with Crippen LogP contribution in [-0.2, 0) is 0 Å². The van der Waals surface area contributed by atoms with Crippen LogP contribution in [0, 0.1) is 5.92 Å². The van der Waals surface area contributed by atoms with E-state index in [0.29, 0.717) is 5.92 Å². The van der Waals surface area contributed by atoms with Gasteiger partial charge in [0.05, 0.1) is 0 Å². The van der Waals surface area contributed by atoms with Gasteiger partial charge in [0.1, 0.15) is 0 Å². The van der Waals surface area contributed by atoms with E-state index in [1.807, 2.05) is 0 Å². The second-order valence-corrected chi connectivity index (χ2v) is 5.35. The van der Waals surface area contributed by atoms with Crippen LogP contribution in [0.25, 0.3) is 0 Å². The summed E-state index contributed by atoms with van der Waals surface area (Å²) in [6.07, 6.45) is 29.6. The van der Waals surface area contributed by atoms with Crippen molar-refractivity contribution in [1.82, 2.24) is 0 Å². The van der Waals surface area contributed by atoms with Crippen molar-refractivity contribution in [2.75, 3.05) is 0 Å². The van der Waals surface area contributed by atoms with Gasteiger partial charge in [-0.15, -0.1) is 0 Å². The van der Waals surface area contributed by atoms with Gasteiger partial charge >= 0.3 is 0 Å². The molecule has 96 valence electrons. The summed E-state index contributed by atoms with van der Waals surface area (Å²) in [6.45, 7) is 0. The molecule has 4 aliphatic carbocycles. The summed E-state index contributed by atoms with van der Waals surface area (Å²) >= 11 is 0. The maximum absolute atomic E-state index is 2.36. The molecule has 4 rings (SSSR count). The Balaban J connectivity index is 1.97. The van der Waals surface area contributed by atoms with Gasteiger partial charge in [-0.1, -0.05) is 79.0 Å². The monoisotopic (exact) mass is 256 g/mol. The number of allylic oxidation sites excluding steroid dienone is 18. The van der Waals surface area contributed by atoms with Gasteiger partial charge in [-0.2, -0.15) is 0 Å². The summed E-state index contributed by atoms with van der Waals surface area (Å²) < 4.78 is 0. The van der Waals surface area contributed by atoms with Crippen LogP contribution < -0.4 is 0 Å². The first kappa shape index (κ1) is 11.5. The highest BCUT2D eigenvalue weighted by molar-refractivity contribution is 5.70. The molecular weight excluding hydrogens is 240 g/mol. The highest BCUT2D eigenvalue weighted by Crippen LogP contribution is 2.47. The normalized spacial score (nSPS) is 33.4. The van der Waals surface area contributed by atoms with Crippen molar-refractivity contribution >= 4 is 0 Å². The maximum Gasteiger partial charge on any atom is 0.0284 e. The van der Waals surface area contributed by atoms with E-state index >= 15 is 0 Å². The zero-order chi connectivity index (χ0) is 13.4. The molecule has 0 aromatic carbocycles. The zero-order valence-electron chi connectivity index (χ0n) is 11.3. The minimum absolute atomic E-state index is 0.420. The van der Waals surface area contributed by atoms with Crippen molar-refractivity contribution in [3.05, 3.63) is 107 Å². The number of rotatable bonds is 0. The van der Waals surface area contributed by atoms with E-state index in [0.717, 1.165) is 6.42 Å². The molecule has 0 heterocycles. The predicted molar refractivity (Wildman–Crippen MR) is 85.1 cm³/mol. The van der Waals surface area contributed by atoms with Gasteiger partial charge in [0.25, 0.3) is 0 Å². The Hall–Kier alpha value is -2.34. The molecule has 0 aliphatic heterocycles. The van der Waals surface area contributed by atoms with Crippen LogP contribution >= 0.6 is 0 Å². The van der Waals surface area contributed by atoms with E-state index in [4.69, 9.17) is 0 Å². The van der Waals surface area contributed by atoms with Gasteiger partial charge < -0.3 is 0 Å². The molecule has 1 atom stereocenters. The van der Waals surface area contributed by atoms with Gasteiger partial charge in [-0.05, 0) is 34.3 Å². The lowest BCUT2D eigenvalue weighted by atomic mass is 9.82. The average Bonchev–Trinajstić information content (AvgIpc) is 2.68. The Labute approximate surface area is 119 Å². The third kappa shape index (κ3) is 1.69. The maximum atomic E-state index is 2.36. The summed E-state index contributed by atoms with van der Waals surface area (Å²) in [5.41, 5.74) is 7.13. The van der Waals surface area contributed by atoms with E-state index < -0.39 is 0 Å². The first-order valence-electron chi connectivity index (χ1n) is 7.16. The minimum Gasteiger partial charge on any atom is -0.0832 e. The van der Waals surface area contributed by atoms with E-state index in [1.165, 1.54) is 27.9 Å². The van der Waals surface area contributed by atoms with E-state index in [9.17, 15) is 0 Å². The topological polar surface area (TPSA) is 0 Å². The van der Waals surface area contributed by atoms with Crippen LogP contribution in [0.3, 0.4) is 0 Å². The van der Waals surface area contributed by atoms with Gasteiger partial charge in [-0.3, -0.25) is 0 Å². The lowest BCUT2D eigenvalue weighted by molar-refractivity contribution is 0.897. The molecule has 0 nitrogen and oxygen atoms in total. The minimum atomic E-state index is 0.420. The van der Waals surface area contributed by atoms with Crippen LogP contribution in [0.15, 0.2) is 107 Å². The molecule has 0 saturated heterocycles. The molecule has 0 N–H and O–H groups in total. The lowest BCUT2D eigenvalue weighted by Gasteiger charge is -2.21. The first-order chi connectivity index (χ1) is 9.95. The molecule has 0 saturated carbocycles. The van der Waals surface area contributed by atoms with Crippen molar-refractivity contribution in [2.24, 2.45) is 5.92 Å². The molecule has 0 spiro atoms. The molecule has 0 fully saturated rings. The number of hydrogen-bond donors (Lipinski definition) is 0. The van der Waals surface area contributed by atoms with Crippen molar-refractivity contribution < 1.29 is 0 Å². The Morgan fingerprint density at radius 2 is 1.50 bits per heavy atom. The largest absolute Gasteiger partial charge is 0.0832 e. The molecule has 0 aromatic heterocycles. The second-order valence-electron chi connectivity index (χ2n) is 5.35. The molecule has 0 amide bonds. The van der Waals surface area contributed by atoms with Crippen molar-refractivity contribution in [2.45, 2.75) is 6.42 Å². The second kappa shape index (κ2) is 4.64. The number of fused-ring (bicyclic) bond motifs is 2. The van der Waals surface area contributed by atoms with Gasteiger partial charge in [0.2, 0.25) is 0 Å². The smallest absolute Gasteiger partial charge is 0.0284 e. The Morgan fingerprint density at radius 1 is 0.750 bits per heavy atom. The fraction of sp³-hybridized carbons (Fsp3) is 0.100. The quantitative estimate of drug-likeness (QED) is 0.540. The molecule has 0 heteroatoms. The van der Waals surface area contributed by atoms with Crippen LogP contribution in [0.1, 0.15) is 6.42 Å². The Morgan fingerprint density at radius 3 is 2.40 bits per heavy atom. The Kier molecular flexibility index (Phi) is 2.67. The zero-order valence-corrected chi connectivity index (χ0v) is 11.3. The molecular formula is C20H16. The fourth-order valence-corrected chi connectivity index (χ4v) is 3.35. The lowest BCUT2D eigenvalue weighted by Crippen LogP contribution is -2.07. The Bertz CT molecular complexity index is 722. The van der Waals surface area contributed by atoms with Crippen LogP contribution in [0.5, 0.6) is 0 Å². The van der Waals surface area contributed by atoms with Crippen molar-refractivity contribution in [3.63, 3.8) is 0 Å². The van der Waals surface area contributed by atoms with Gasteiger partial charge in [0, 0.05) is 5.92 Å². The third-order valence-corrected chi connectivity index (χ3v) is 4.20. The summed E-state index contributed by atoms with van der Waals surface area (Å²) in [4.78, 5) is 0. The predicted octanol–water partition coefficient (Wildman–Crippen LogP) is 4.90. The standard InChI is InChI=1S/C20H16/c1-2-6-12-17-16(11-5-1)18-13-7-3-4-9-15-10-8-14-19(17)20(15)18/h1-9,11-14,19H,10H2/b2-1-,4-3-,5-1?,6-2?,7-3?,9-4?,11-5-,12-6?,13-7?,15-9-,16-11?,17-12?,18-13?. The molecule has 0 radical (unpaired) electrons. The van der Waals surface area contributed by atoms with Crippen LogP contribution in [-0.4, -0.2) is 0 Å². The van der Waals surface area contributed by atoms with Crippen LogP contribution in [0.4, 0.5) is 0 Å². The molecule has 0 aromatic rings. The molecule has 20 heavy (non-hydrogen) atoms. The van der Waals surface area contributed by atoms with Crippen molar-refractivity contribution in [1.29, 1.82) is 0 Å². The first-order valence-corrected chi connectivity index (χ1v) is 7.16. The highest BCUT2D eigenvalue weighted by Gasteiger charge is 2.32. The summed E-state index contributed by atoms with van der Waals surface area (Å²) in [6, 6.07) is 0. The van der Waals surface area contributed by atoms with Crippen molar-refractivity contribution in [3.8, 4) is 0 Å². The van der Waals surface area contributed by atoms with E-state index in [1.54, 1.807) is 0 Å². The highest BCUT2D eigenvalue weighted by atomic mass is 14.3.